The third kappa shape index (κ3) is 4.43. The Morgan fingerprint density at radius 3 is 2.87 bits per heavy atom. The van der Waals surface area contributed by atoms with E-state index in [1.54, 1.807) is 11.3 Å². The maximum Gasteiger partial charge on any atom is 0.236 e. The number of morpholine rings is 1. The molecule has 0 aromatic carbocycles. The first-order chi connectivity index (χ1) is 11.2. The van der Waals surface area contributed by atoms with Gasteiger partial charge in [-0.05, 0) is 30.6 Å². The van der Waals surface area contributed by atoms with Crippen LogP contribution in [0.15, 0.2) is 35.8 Å². The van der Waals surface area contributed by atoms with E-state index in [0.29, 0.717) is 32.8 Å². The van der Waals surface area contributed by atoms with Crippen molar-refractivity contribution >= 4 is 17.2 Å². The van der Waals surface area contributed by atoms with Crippen LogP contribution in [-0.2, 0) is 22.6 Å². The average molecular weight is 333 g/mol. The van der Waals surface area contributed by atoms with Crippen LogP contribution in [0.5, 0.6) is 0 Å². The highest BCUT2D eigenvalue weighted by atomic mass is 32.1. The average Bonchev–Trinajstić information content (AvgIpc) is 3.21. The lowest BCUT2D eigenvalue weighted by molar-refractivity contribution is -0.136. The van der Waals surface area contributed by atoms with E-state index in [4.69, 9.17) is 4.74 Å². The van der Waals surface area contributed by atoms with Gasteiger partial charge in [0, 0.05) is 36.4 Å². The zero-order valence-electron chi connectivity index (χ0n) is 13.5. The van der Waals surface area contributed by atoms with E-state index in [-0.39, 0.29) is 5.91 Å². The summed E-state index contributed by atoms with van der Waals surface area (Å²) in [7, 11) is 2.00. The summed E-state index contributed by atoms with van der Waals surface area (Å²) in [4.78, 5) is 17.6. The molecule has 1 aliphatic rings. The lowest BCUT2D eigenvalue weighted by Gasteiger charge is -2.28. The van der Waals surface area contributed by atoms with Crippen LogP contribution in [0.25, 0.3) is 0 Å². The van der Waals surface area contributed by atoms with Gasteiger partial charge in [-0.1, -0.05) is 6.07 Å². The number of thiophene rings is 1. The Balaban J connectivity index is 1.54. The van der Waals surface area contributed by atoms with Gasteiger partial charge in [0.1, 0.15) is 0 Å². The number of carbonyl (C=O) groups is 1. The minimum absolute atomic E-state index is 0.187. The van der Waals surface area contributed by atoms with E-state index in [2.05, 4.69) is 45.3 Å². The maximum atomic E-state index is 12.3. The fourth-order valence-corrected chi connectivity index (χ4v) is 3.50. The van der Waals surface area contributed by atoms with Crippen LogP contribution in [0.3, 0.4) is 0 Å². The molecule has 0 radical (unpaired) electrons. The molecule has 6 heteroatoms. The van der Waals surface area contributed by atoms with Crippen LogP contribution in [0.1, 0.15) is 10.6 Å². The number of rotatable bonds is 6. The van der Waals surface area contributed by atoms with Crippen LogP contribution < -0.4 is 0 Å². The maximum absolute atomic E-state index is 12.3. The van der Waals surface area contributed by atoms with Gasteiger partial charge in [0.05, 0.1) is 26.3 Å². The van der Waals surface area contributed by atoms with Gasteiger partial charge in [-0.25, -0.2) is 0 Å². The molecule has 3 rings (SSSR count). The Morgan fingerprint density at radius 1 is 1.30 bits per heavy atom. The van der Waals surface area contributed by atoms with Gasteiger partial charge in [-0.2, -0.15) is 0 Å². The highest BCUT2D eigenvalue weighted by Crippen LogP contribution is 2.14. The number of amides is 1. The molecule has 1 fully saturated rings. The molecule has 1 saturated heterocycles. The molecule has 2 aromatic rings. The zero-order chi connectivity index (χ0) is 16.1. The molecular weight excluding hydrogens is 310 g/mol. The van der Waals surface area contributed by atoms with E-state index in [0.717, 1.165) is 13.1 Å². The number of likely N-dealkylation sites (N-methyl/N-ethyl adjacent to an activating group) is 1. The second-order valence-electron chi connectivity index (χ2n) is 5.87. The smallest absolute Gasteiger partial charge is 0.236 e. The number of hydrogen-bond acceptors (Lipinski definition) is 4. The van der Waals surface area contributed by atoms with E-state index in [1.165, 1.54) is 10.6 Å². The molecule has 23 heavy (non-hydrogen) atoms. The molecule has 0 saturated carbocycles. The summed E-state index contributed by atoms with van der Waals surface area (Å²) in [5.74, 6) is 0.187. The van der Waals surface area contributed by atoms with Gasteiger partial charge in [0.2, 0.25) is 5.91 Å². The molecule has 2 aromatic heterocycles. The summed E-state index contributed by atoms with van der Waals surface area (Å²) in [5, 5.41) is 2.10. The van der Waals surface area contributed by atoms with Gasteiger partial charge >= 0.3 is 0 Å². The lowest BCUT2D eigenvalue weighted by atomic mass is 10.3. The summed E-state index contributed by atoms with van der Waals surface area (Å²) in [6, 6.07) is 8.43. The fraction of sp³-hybridized carbons (Fsp3) is 0.471. The minimum atomic E-state index is 0.187. The SMILES string of the molecule is CN(CC(=O)N1CCOCC1)Cc1cccn1Cc1cccs1. The van der Waals surface area contributed by atoms with Crippen molar-refractivity contribution < 1.29 is 9.53 Å². The Labute approximate surface area is 141 Å². The monoisotopic (exact) mass is 333 g/mol. The Kier molecular flexibility index (Phi) is 5.48. The molecule has 0 spiro atoms. The summed E-state index contributed by atoms with van der Waals surface area (Å²) >= 11 is 1.77. The van der Waals surface area contributed by atoms with Crippen molar-refractivity contribution in [1.29, 1.82) is 0 Å². The van der Waals surface area contributed by atoms with Crippen molar-refractivity contribution in [2.24, 2.45) is 0 Å². The first-order valence-corrected chi connectivity index (χ1v) is 8.81. The molecule has 1 amide bonds. The topological polar surface area (TPSA) is 37.7 Å². The van der Waals surface area contributed by atoms with Gasteiger partial charge in [-0.15, -0.1) is 11.3 Å². The van der Waals surface area contributed by atoms with Gasteiger partial charge in [0.15, 0.2) is 0 Å². The van der Waals surface area contributed by atoms with E-state index in [9.17, 15) is 4.79 Å². The number of hydrogen-bond donors (Lipinski definition) is 0. The predicted molar refractivity (Wildman–Crippen MR) is 91.6 cm³/mol. The van der Waals surface area contributed by atoms with Crippen LogP contribution in [0.2, 0.25) is 0 Å². The first-order valence-electron chi connectivity index (χ1n) is 7.93. The molecular formula is C17H23N3O2S. The normalized spacial score (nSPS) is 15.3. The molecule has 0 unspecified atom stereocenters. The first kappa shape index (κ1) is 16.2. The van der Waals surface area contributed by atoms with Crippen molar-refractivity contribution in [3.63, 3.8) is 0 Å². The third-order valence-electron chi connectivity index (χ3n) is 4.03. The Morgan fingerprint density at radius 2 is 2.13 bits per heavy atom. The van der Waals surface area contributed by atoms with Crippen molar-refractivity contribution in [1.82, 2.24) is 14.4 Å². The van der Waals surface area contributed by atoms with Crippen LogP contribution in [0.4, 0.5) is 0 Å². The van der Waals surface area contributed by atoms with Crippen molar-refractivity contribution in [3.05, 3.63) is 46.4 Å². The molecule has 1 aliphatic heterocycles. The van der Waals surface area contributed by atoms with Crippen molar-refractivity contribution in [3.8, 4) is 0 Å². The van der Waals surface area contributed by atoms with Crippen LogP contribution >= 0.6 is 11.3 Å². The van der Waals surface area contributed by atoms with E-state index in [1.807, 2.05) is 11.9 Å². The summed E-state index contributed by atoms with van der Waals surface area (Å²) in [6.45, 7) is 4.84. The quantitative estimate of drug-likeness (QED) is 0.810. The lowest BCUT2D eigenvalue weighted by Crippen LogP contribution is -2.45. The standard InChI is InChI=1S/C17H23N3O2S/c1-18(14-17(21)19-7-9-22-10-8-19)12-15-4-2-6-20(15)13-16-5-3-11-23-16/h2-6,11H,7-10,12-14H2,1H3. The molecule has 0 atom stereocenters. The van der Waals surface area contributed by atoms with Gasteiger partial charge in [-0.3, -0.25) is 9.69 Å². The van der Waals surface area contributed by atoms with Crippen molar-refractivity contribution in [2.75, 3.05) is 39.9 Å². The summed E-state index contributed by atoms with van der Waals surface area (Å²) < 4.78 is 7.55. The Bertz CT molecular complexity index is 618. The zero-order valence-corrected chi connectivity index (χ0v) is 14.3. The molecule has 3 heterocycles. The minimum Gasteiger partial charge on any atom is -0.378 e. The van der Waals surface area contributed by atoms with Crippen LogP contribution in [0, 0.1) is 0 Å². The van der Waals surface area contributed by atoms with E-state index >= 15 is 0 Å². The number of carbonyl (C=O) groups excluding carboxylic acids is 1. The molecule has 0 aliphatic carbocycles. The third-order valence-corrected chi connectivity index (χ3v) is 4.89. The van der Waals surface area contributed by atoms with E-state index < -0.39 is 0 Å². The predicted octanol–water partition coefficient (Wildman–Crippen LogP) is 1.89. The van der Waals surface area contributed by atoms with Crippen LogP contribution in [-0.4, -0.2) is 60.2 Å². The molecule has 0 bridgehead atoms. The van der Waals surface area contributed by atoms with Gasteiger partial charge < -0.3 is 14.2 Å². The highest BCUT2D eigenvalue weighted by Gasteiger charge is 2.18. The molecule has 5 nitrogen and oxygen atoms in total. The largest absolute Gasteiger partial charge is 0.378 e. The highest BCUT2D eigenvalue weighted by molar-refractivity contribution is 7.09. The van der Waals surface area contributed by atoms with Crippen molar-refractivity contribution in [2.45, 2.75) is 13.1 Å². The van der Waals surface area contributed by atoms with Gasteiger partial charge in [0.25, 0.3) is 0 Å². The molecule has 0 N–H and O–H groups in total. The fourth-order valence-electron chi connectivity index (χ4n) is 2.79. The second kappa shape index (κ2) is 7.77. The Hall–Kier alpha value is -1.63. The number of ether oxygens (including phenoxy) is 1. The summed E-state index contributed by atoms with van der Waals surface area (Å²) in [6.07, 6.45) is 2.10. The summed E-state index contributed by atoms with van der Waals surface area (Å²) in [5.41, 5.74) is 1.23. The number of aromatic nitrogens is 1. The molecule has 124 valence electrons. The number of nitrogens with zero attached hydrogens (tertiary/aromatic N) is 3. The second-order valence-corrected chi connectivity index (χ2v) is 6.90.